The number of hydrogen-bond acceptors (Lipinski definition) is 8. The molecule has 3 rings (SSSR count). The summed E-state index contributed by atoms with van der Waals surface area (Å²) in [6.07, 6.45) is 1.36. The minimum Gasteiger partial charge on any atom is -0.461 e. The largest absolute Gasteiger partial charge is 0.461 e. The van der Waals surface area contributed by atoms with E-state index in [2.05, 4.69) is 19.6 Å². The highest BCUT2D eigenvalue weighted by Crippen LogP contribution is 2.23. The van der Waals surface area contributed by atoms with Crippen molar-refractivity contribution >= 4 is 22.4 Å². The minimum absolute atomic E-state index is 0.0674. The Kier molecular flexibility index (Phi) is 4.31. The number of azo groups is 1. The van der Waals surface area contributed by atoms with Crippen molar-refractivity contribution in [1.82, 2.24) is 9.36 Å². The van der Waals surface area contributed by atoms with Crippen LogP contribution in [0.1, 0.15) is 10.6 Å². The van der Waals surface area contributed by atoms with Gasteiger partial charge < -0.3 is 4.42 Å². The highest BCUT2D eigenvalue weighted by molar-refractivity contribution is 7.09. The van der Waals surface area contributed by atoms with E-state index in [1.807, 2.05) is 30.3 Å². The molecule has 0 fully saturated rings. The Bertz CT molecular complexity index is 865. The van der Waals surface area contributed by atoms with Gasteiger partial charge in [-0.25, -0.2) is 0 Å². The SMILES string of the molecule is N#CC(/N=N\c1nc(-c2ccccc2)ns1)C(=O)c1ccco1. The predicted octanol–water partition coefficient (Wildman–Crippen LogP) is 3.66. The molecule has 112 valence electrons. The van der Waals surface area contributed by atoms with Crippen molar-refractivity contribution < 1.29 is 9.21 Å². The molecule has 7 nitrogen and oxygen atoms in total. The van der Waals surface area contributed by atoms with E-state index in [0.717, 1.165) is 17.1 Å². The first-order valence-electron chi connectivity index (χ1n) is 6.55. The van der Waals surface area contributed by atoms with Gasteiger partial charge in [-0.3, -0.25) is 4.79 Å². The van der Waals surface area contributed by atoms with E-state index in [1.54, 1.807) is 12.1 Å². The molecule has 0 aliphatic heterocycles. The Labute approximate surface area is 135 Å². The summed E-state index contributed by atoms with van der Waals surface area (Å²) in [5.74, 6) is 0.0437. The van der Waals surface area contributed by atoms with Crippen LogP contribution < -0.4 is 0 Å². The van der Waals surface area contributed by atoms with Crippen molar-refractivity contribution in [2.75, 3.05) is 0 Å². The number of rotatable bonds is 5. The van der Waals surface area contributed by atoms with Crippen LogP contribution in [-0.4, -0.2) is 21.2 Å². The minimum atomic E-state index is -1.27. The van der Waals surface area contributed by atoms with Crippen molar-refractivity contribution in [3.63, 3.8) is 0 Å². The third kappa shape index (κ3) is 3.36. The molecule has 3 aromatic rings. The molecule has 0 amide bonds. The summed E-state index contributed by atoms with van der Waals surface area (Å²) in [4.78, 5) is 16.2. The van der Waals surface area contributed by atoms with Gasteiger partial charge in [-0.1, -0.05) is 30.3 Å². The van der Waals surface area contributed by atoms with Gasteiger partial charge in [0.15, 0.2) is 11.6 Å². The summed E-state index contributed by atoms with van der Waals surface area (Å²) >= 11 is 1.04. The Morgan fingerprint density at radius 1 is 1.26 bits per heavy atom. The topological polar surface area (TPSA) is 104 Å². The summed E-state index contributed by atoms with van der Waals surface area (Å²) in [7, 11) is 0. The summed E-state index contributed by atoms with van der Waals surface area (Å²) in [5, 5.41) is 16.9. The van der Waals surface area contributed by atoms with Crippen LogP contribution in [0.3, 0.4) is 0 Å². The molecule has 23 heavy (non-hydrogen) atoms. The monoisotopic (exact) mass is 323 g/mol. The second kappa shape index (κ2) is 6.72. The van der Waals surface area contributed by atoms with Gasteiger partial charge in [-0.2, -0.15) is 19.7 Å². The number of ketones is 1. The first-order valence-corrected chi connectivity index (χ1v) is 7.32. The van der Waals surface area contributed by atoms with Crippen LogP contribution in [0, 0.1) is 11.3 Å². The van der Waals surface area contributed by atoms with E-state index >= 15 is 0 Å². The van der Waals surface area contributed by atoms with Crippen molar-refractivity contribution in [2.24, 2.45) is 10.2 Å². The smallest absolute Gasteiger partial charge is 0.249 e. The fourth-order valence-electron chi connectivity index (χ4n) is 1.76. The van der Waals surface area contributed by atoms with E-state index < -0.39 is 11.8 Å². The van der Waals surface area contributed by atoms with Crippen LogP contribution in [0.4, 0.5) is 5.13 Å². The number of nitrogens with zero attached hydrogens (tertiary/aromatic N) is 5. The average Bonchev–Trinajstić information content (AvgIpc) is 3.28. The van der Waals surface area contributed by atoms with Crippen LogP contribution in [0.25, 0.3) is 11.4 Å². The fraction of sp³-hybridized carbons (Fsp3) is 0.0667. The number of hydrogen-bond donors (Lipinski definition) is 0. The Balaban J connectivity index is 1.76. The summed E-state index contributed by atoms with van der Waals surface area (Å²) in [6, 6.07) is 13.0. The lowest BCUT2D eigenvalue weighted by molar-refractivity contribution is 0.0952. The Hall–Kier alpha value is -3.18. The fourth-order valence-corrected chi connectivity index (χ4v) is 2.28. The van der Waals surface area contributed by atoms with Gasteiger partial charge in [0, 0.05) is 17.1 Å². The Morgan fingerprint density at radius 2 is 2.09 bits per heavy atom. The van der Waals surface area contributed by atoms with Gasteiger partial charge in [0.1, 0.15) is 6.07 Å². The maximum atomic E-state index is 12.0. The predicted molar refractivity (Wildman–Crippen MR) is 82.3 cm³/mol. The molecule has 0 spiro atoms. The first-order chi connectivity index (χ1) is 11.3. The summed E-state index contributed by atoms with van der Waals surface area (Å²) in [5.41, 5.74) is 0.855. The van der Waals surface area contributed by atoms with E-state index in [4.69, 9.17) is 9.68 Å². The number of carbonyl (C=O) groups excluding carboxylic acids is 1. The number of carbonyl (C=O) groups is 1. The number of furan rings is 1. The quantitative estimate of drug-likeness (QED) is 0.526. The van der Waals surface area contributed by atoms with E-state index in [9.17, 15) is 4.79 Å². The summed E-state index contributed by atoms with van der Waals surface area (Å²) < 4.78 is 9.14. The molecule has 2 heterocycles. The van der Waals surface area contributed by atoms with E-state index in [1.165, 1.54) is 12.3 Å². The van der Waals surface area contributed by atoms with Crippen LogP contribution in [0.5, 0.6) is 0 Å². The molecule has 1 unspecified atom stereocenters. The van der Waals surface area contributed by atoms with Crippen LogP contribution >= 0.6 is 11.5 Å². The summed E-state index contributed by atoms with van der Waals surface area (Å²) in [6.45, 7) is 0. The molecular weight excluding hydrogens is 314 g/mol. The molecule has 0 saturated heterocycles. The standard InChI is InChI=1S/C15H9N5O2S/c16-9-11(13(21)12-7-4-8-22-12)18-19-15-17-14(20-23-15)10-5-2-1-3-6-10/h1-8,11H/b19-18-. The van der Waals surface area contributed by atoms with Crippen molar-refractivity contribution in [3.05, 3.63) is 54.5 Å². The normalized spacial score (nSPS) is 12.1. The molecule has 0 aliphatic carbocycles. The van der Waals surface area contributed by atoms with E-state index in [0.29, 0.717) is 5.82 Å². The highest BCUT2D eigenvalue weighted by atomic mass is 32.1. The van der Waals surface area contributed by atoms with E-state index in [-0.39, 0.29) is 10.9 Å². The maximum Gasteiger partial charge on any atom is 0.249 e. The molecule has 0 N–H and O–H groups in total. The molecular formula is C15H9N5O2S. The van der Waals surface area contributed by atoms with Gasteiger partial charge in [0.25, 0.3) is 0 Å². The molecule has 1 aromatic carbocycles. The lowest BCUT2D eigenvalue weighted by Crippen LogP contribution is -2.15. The lowest BCUT2D eigenvalue weighted by Gasteiger charge is -1.97. The number of aromatic nitrogens is 2. The van der Waals surface area contributed by atoms with Gasteiger partial charge >= 0.3 is 0 Å². The van der Waals surface area contributed by atoms with Crippen molar-refractivity contribution in [2.45, 2.75) is 6.04 Å². The van der Waals surface area contributed by atoms with Gasteiger partial charge in [-0.15, -0.1) is 5.11 Å². The van der Waals surface area contributed by atoms with Gasteiger partial charge in [0.05, 0.1) is 6.26 Å². The second-order valence-corrected chi connectivity index (χ2v) is 5.09. The molecule has 0 bridgehead atoms. The Morgan fingerprint density at radius 3 is 2.78 bits per heavy atom. The second-order valence-electron chi connectivity index (χ2n) is 4.36. The van der Waals surface area contributed by atoms with Gasteiger partial charge in [0.2, 0.25) is 17.0 Å². The lowest BCUT2D eigenvalue weighted by atomic mass is 10.2. The number of benzene rings is 1. The van der Waals surface area contributed by atoms with Crippen LogP contribution in [0.2, 0.25) is 0 Å². The molecule has 2 aromatic heterocycles. The number of Topliss-reactive ketones (excluding diaryl/α,β-unsaturated/α-hetero) is 1. The molecule has 8 heteroatoms. The molecule has 1 atom stereocenters. The zero-order valence-electron chi connectivity index (χ0n) is 11.7. The third-order valence-corrected chi connectivity index (χ3v) is 3.44. The van der Waals surface area contributed by atoms with Crippen molar-refractivity contribution in [3.8, 4) is 17.5 Å². The third-order valence-electron chi connectivity index (χ3n) is 2.84. The van der Waals surface area contributed by atoms with Crippen molar-refractivity contribution in [1.29, 1.82) is 5.26 Å². The molecule has 0 radical (unpaired) electrons. The average molecular weight is 323 g/mol. The molecule has 0 aliphatic rings. The first kappa shape index (κ1) is 14.7. The molecule has 0 saturated carbocycles. The van der Waals surface area contributed by atoms with Gasteiger partial charge in [-0.05, 0) is 12.1 Å². The zero-order valence-corrected chi connectivity index (χ0v) is 12.5. The van der Waals surface area contributed by atoms with Crippen LogP contribution in [-0.2, 0) is 0 Å². The maximum absolute atomic E-state index is 12.0. The number of nitriles is 1. The van der Waals surface area contributed by atoms with Crippen LogP contribution in [0.15, 0.2) is 63.4 Å². The zero-order chi connectivity index (χ0) is 16.1. The highest BCUT2D eigenvalue weighted by Gasteiger charge is 2.21.